The van der Waals surface area contributed by atoms with Crippen LogP contribution in [0.4, 0.5) is 0 Å². The zero-order chi connectivity index (χ0) is 46.3. The van der Waals surface area contributed by atoms with Crippen LogP contribution in [0.25, 0.3) is 0 Å². The molecule has 0 aliphatic carbocycles. The van der Waals surface area contributed by atoms with E-state index >= 15 is 0 Å². The fourth-order valence-electron chi connectivity index (χ4n) is 7.65. The molecule has 0 heterocycles. The molecule has 64 heavy (non-hydrogen) atoms. The van der Waals surface area contributed by atoms with Gasteiger partial charge in [0.2, 0.25) is 5.91 Å². The molecule has 0 saturated heterocycles. The molecular formula is C60H103NO3. The summed E-state index contributed by atoms with van der Waals surface area (Å²) in [7, 11) is 0. The predicted molar refractivity (Wildman–Crippen MR) is 285 cm³/mol. The first-order chi connectivity index (χ1) is 31.7. The van der Waals surface area contributed by atoms with Crippen LogP contribution in [0.1, 0.15) is 245 Å². The molecule has 2 unspecified atom stereocenters. The molecule has 0 aliphatic heterocycles. The Bertz CT molecular complexity index is 1230. The molecule has 0 aromatic carbocycles. The van der Waals surface area contributed by atoms with E-state index in [9.17, 15) is 15.0 Å². The first kappa shape index (κ1) is 61.0. The van der Waals surface area contributed by atoms with E-state index in [-0.39, 0.29) is 12.5 Å². The quantitative estimate of drug-likeness (QED) is 0.0421. The highest BCUT2D eigenvalue weighted by Gasteiger charge is 2.17. The van der Waals surface area contributed by atoms with Crippen LogP contribution >= 0.6 is 0 Å². The molecule has 4 nitrogen and oxygen atoms in total. The van der Waals surface area contributed by atoms with Crippen LogP contribution in [-0.2, 0) is 4.79 Å². The van der Waals surface area contributed by atoms with E-state index in [1.54, 1.807) is 6.08 Å². The Morgan fingerprint density at radius 2 is 0.703 bits per heavy atom. The Balaban J connectivity index is 3.52. The van der Waals surface area contributed by atoms with Crippen molar-refractivity contribution in [2.75, 3.05) is 6.61 Å². The van der Waals surface area contributed by atoms with Gasteiger partial charge in [-0.05, 0) is 89.9 Å². The molecule has 3 N–H and O–H groups in total. The highest BCUT2D eigenvalue weighted by molar-refractivity contribution is 5.76. The fourth-order valence-corrected chi connectivity index (χ4v) is 7.65. The number of aliphatic hydroxyl groups is 2. The number of carbonyl (C=O) groups is 1. The van der Waals surface area contributed by atoms with Gasteiger partial charge in [-0.3, -0.25) is 4.79 Å². The van der Waals surface area contributed by atoms with Crippen molar-refractivity contribution in [3.8, 4) is 0 Å². The van der Waals surface area contributed by atoms with Gasteiger partial charge < -0.3 is 15.5 Å². The number of hydrogen-bond donors (Lipinski definition) is 3. The summed E-state index contributed by atoms with van der Waals surface area (Å²) in [4.78, 5) is 12.4. The lowest BCUT2D eigenvalue weighted by atomic mass is 10.0. The number of nitrogens with one attached hydrogen (secondary N) is 1. The molecule has 0 aromatic rings. The van der Waals surface area contributed by atoms with Gasteiger partial charge in [0, 0.05) is 6.42 Å². The van der Waals surface area contributed by atoms with Crippen LogP contribution < -0.4 is 5.32 Å². The molecule has 0 aromatic heterocycles. The van der Waals surface area contributed by atoms with Crippen molar-refractivity contribution in [3.05, 3.63) is 109 Å². The number of hydrogen-bond acceptors (Lipinski definition) is 3. The predicted octanol–water partition coefficient (Wildman–Crippen LogP) is 17.9. The minimum atomic E-state index is -0.865. The summed E-state index contributed by atoms with van der Waals surface area (Å²) in [5.41, 5.74) is 0. The second kappa shape index (κ2) is 54.4. The minimum Gasteiger partial charge on any atom is -0.394 e. The van der Waals surface area contributed by atoms with Crippen molar-refractivity contribution in [1.29, 1.82) is 0 Å². The summed E-state index contributed by atoms with van der Waals surface area (Å²) in [6.07, 6.45) is 82.4. The van der Waals surface area contributed by atoms with E-state index in [0.29, 0.717) is 6.42 Å². The van der Waals surface area contributed by atoms with Gasteiger partial charge in [-0.1, -0.05) is 258 Å². The topological polar surface area (TPSA) is 69.6 Å². The highest BCUT2D eigenvalue weighted by Crippen LogP contribution is 2.15. The van der Waals surface area contributed by atoms with Crippen LogP contribution in [0.15, 0.2) is 109 Å². The van der Waals surface area contributed by atoms with E-state index in [0.717, 1.165) is 77.0 Å². The second-order valence-electron chi connectivity index (χ2n) is 17.9. The third-order valence-corrected chi connectivity index (χ3v) is 11.7. The molecule has 0 rings (SSSR count). The molecule has 0 bridgehead atoms. The van der Waals surface area contributed by atoms with Crippen molar-refractivity contribution in [2.24, 2.45) is 0 Å². The Morgan fingerprint density at radius 1 is 0.391 bits per heavy atom. The van der Waals surface area contributed by atoms with Crippen LogP contribution in [0.3, 0.4) is 0 Å². The van der Waals surface area contributed by atoms with E-state index in [2.05, 4.69) is 116 Å². The molecule has 0 spiro atoms. The van der Waals surface area contributed by atoms with Crippen LogP contribution in [0.2, 0.25) is 0 Å². The lowest BCUT2D eigenvalue weighted by Crippen LogP contribution is -2.45. The third kappa shape index (κ3) is 50.1. The second-order valence-corrected chi connectivity index (χ2v) is 17.9. The lowest BCUT2D eigenvalue weighted by Gasteiger charge is -2.19. The molecule has 0 aliphatic rings. The maximum atomic E-state index is 12.4. The normalized spacial score (nSPS) is 13.8. The van der Waals surface area contributed by atoms with Crippen LogP contribution in [0, 0.1) is 0 Å². The summed E-state index contributed by atoms with van der Waals surface area (Å²) in [5.74, 6) is -0.0767. The maximum Gasteiger partial charge on any atom is 0.220 e. The molecule has 2 atom stereocenters. The number of amides is 1. The van der Waals surface area contributed by atoms with Gasteiger partial charge in [0.1, 0.15) is 0 Å². The summed E-state index contributed by atoms with van der Waals surface area (Å²) < 4.78 is 0. The summed E-state index contributed by atoms with van der Waals surface area (Å²) in [6, 6.07) is -0.642. The molecule has 0 saturated carbocycles. The highest BCUT2D eigenvalue weighted by atomic mass is 16.3. The van der Waals surface area contributed by atoms with Gasteiger partial charge in [0.05, 0.1) is 18.8 Å². The number of aliphatic hydroxyl groups excluding tert-OH is 2. The lowest BCUT2D eigenvalue weighted by molar-refractivity contribution is -0.123. The smallest absolute Gasteiger partial charge is 0.220 e. The van der Waals surface area contributed by atoms with Gasteiger partial charge in [0.15, 0.2) is 0 Å². The van der Waals surface area contributed by atoms with Crippen LogP contribution in [-0.4, -0.2) is 34.9 Å². The van der Waals surface area contributed by atoms with Gasteiger partial charge >= 0.3 is 0 Å². The van der Waals surface area contributed by atoms with Gasteiger partial charge in [0.25, 0.3) is 0 Å². The monoisotopic (exact) mass is 886 g/mol. The Hall–Kier alpha value is -2.95. The molecule has 0 radical (unpaired) electrons. The zero-order valence-electron chi connectivity index (χ0n) is 42.0. The molecule has 1 amide bonds. The van der Waals surface area contributed by atoms with Gasteiger partial charge in [-0.15, -0.1) is 0 Å². The Labute approximate surface area is 397 Å². The first-order valence-corrected chi connectivity index (χ1v) is 27.1. The largest absolute Gasteiger partial charge is 0.394 e. The Kier molecular flexibility index (Phi) is 51.9. The average Bonchev–Trinajstić information content (AvgIpc) is 3.30. The zero-order valence-corrected chi connectivity index (χ0v) is 42.0. The number of rotatable bonds is 48. The van der Waals surface area contributed by atoms with Gasteiger partial charge in [-0.25, -0.2) is 0 Å². The molecule has 4 heteroatoms. The van der Waals surface area contributed by atoms with Gasteiger partial charge in [-0.2, -0.15) is 0 Å². The summed E-state index contributed by atoms with van der Waals surface area (Å²) in [6.45, 7) is 4.17. The summed E-state index contributed by atoms with van der Waals surface area (Å²) in [5, 5.41) is 23.0. The van der Waals surface area contributed by atoms with E-state index in [4.69, 9.17) is 0 Å². The van der Waals surface area contributed by atoms with Crippen molar-refractivity contribution in [1.82, 2.24) is 5.32 Å². The fraction of sp³-hybridized carbons (Fsp3) is 0.683. The Morgan fingerprint density at radius 3 is 1.09 bits per heavy atom. The average molecular weight is 886 g/mol. The van der Waals surface area contributed by atoms with Crippen molar-refractivity contribution in [3.63, 3.8) is 0 Å². The molecule has 0 fully saturated rings. The SMILES string of the molecule is CC/C=C\C/C=C\C/C=C\C/C=C\C/C=C\C/C=C\C/C=C\CCCCCCCCCCCCCCCCCCCC(=O)NC(CO)C(O)/C=C/CC/C=C/CCCCCCCCC. The number of carbonyl (C=O) groups excluding carboxylic acids is 1. The first-order valence-electron chi connectivity index (χ1n) is 27.1. The maximum absolute atomic E-state index is 12.4. The van der Waals surface area contributed by atoms with Crippen molar-refractivity contribution < 1.29 is 15.0 Å². The van der Waals surface area contributed by atoms with E-state index in [1.165, 1.54) is 148 Å². The van der Waals surface area contributed by atoms with Crippen LogP contribution in [0.5, 0.6) is 0 Å². The third-order valence-electron chi connectivity index (χ3n) is 11.7. The van der Waals surface area contributed by atoms with E-state index < -0.39 is 12.1 Å². The number of allylic oxidation sites excluding steroid dienone is 17. The number of unbranched alkanes of at least 4 members (excludes halogenated alkanes) is 25. The summed E-state index contributed by atoms with van der Waals surface area (Å²) >= 11 is 0. The van der Waals surface area contributed by atoms with Crippen molar-refractivity contribution in [2.45, 2.75) is 257 Å². The molecular weight excluding hydrogens is 783 g/mol. The van der Waals surface area contributed by atoms with E-state index in [1.807, 2.05) is 6.08 Å². The molecule has 366 valence electrons. The minimum absolute atomic E-state index is 0.0767. The van der Waals surface area contributed by atoms with Crippen molar-refractivity contribution >= 4 is 5.91 Å². The standard InChI is InChI=1S/C60H103NO3/c1-3-5-7-9-11-13-15-17-18-19-20-21-22-23-24-25-26-27-28-29-30-31-32-33-34-35-36-37-38-39-40-41-42-44-46-48-50-52-54-56-60(64)61-58(57-62)59(63)55-53-51-49-47-45-43-16-14-12-10-8-6-4-2/h5,7,11,13,17-18,20-21,23-24,26-27,29-30,45,47,53,55,58-59,62-63H,3-4,6,8-10,12,14-16,19,22,25,28,31-44,46,48-52,54,56-57H2,1-2H3,(H,61,64)/b7-5-,13-11-,18-17-,21-20-,24-23-,27-26-,30-29-,47-45+,55-53+.